The van der Waals surface area contributed by atoms with Gasteiger partial charge in [0.25, 0.3) is 0 Å². The molecule has 2 amide bonds. The van der Waals surface area contributed by atoms with Crippen LogP contribution in [0.3, 0.4) is 0 Å². The van der Waals surface area contributed by atoms with Crippen LogP contribution < -0.4 is 10.6 Å². The van der Waals surface area contributed by atoms with Gasteiger partial charge < -0.3 is 15.4 Å². The zero-order valence-electron chi connectivity index (χ0n) is 12.7. The molecule has 1 aromatic rings. The van der Waals surface area contributed by atoms with Crippen molar-refractivity contribution < 1.29 is 14.3 Å². The minimum atomic E-state index is -0.541. The van der Waals surface area contributed by atoms with Crippen LogP contribution >= 0.6 is 15.9 Å². The van der Waals surface area contributed by atoms with Crippen LogP contribution in [0.5, 0.6) is 0 Å². The summed E-state index contributed by atoms with van der Waals surface area (Å²) in [5, 5.41) is 5.32. The molecule has 116 valence electrons. The SMILES string of the molecule is Cc1ccc(NC(=O)CCNC(=O)OC(C)(C)C)cc1Br. The zero-order valence-corrected chi connectivity index (χ0v) is 14.3. The van der Waals surface area contributed by atoms with Crippen molar-refractivity contribution in [3.8, 4) is 0 Å². The molecule has 5 nitrogen and oxygen atoms in total. The Kier molecular flexibility index (Phi) is 6.20. The summed E-state index contributed by atoms with van der Waals surface area (Å²) in [7, 11) is 0. The van der Waals surface area contributed by atoms with E-state index in [1.807, 2.05) is 25.1 Å². The number of carbonyl (C=O) groups excluding carboxylic acids is 2. The lowest BCUT2D eigenvalue weighted by molar-refractivity contribution is -0.116. The van der Waals surface area contributed by atoms with Gasteiger partial charge in [-0.25, -0.2) is 4.79 Å². The third-order valence-electron chi connectivity index (χ3n) is 2.48. The number of ether oxygens (including phenoxy) is 1. The van der Waals surface area contributed by atoms with Crippen molar-refractivity contribution in [2.24, 2.45) is 0 Å². The molecular formula is C15H21BrN2O3. The summed E-state index contributed by atoms with van der Waals surface area (Å²) in [5.41, 5.74) is 1.27. The number of rotatable bonds is 4. The molecule has 0 atom stereocenters. The molecule has 0 aliphatic heterocycles. The molecule has 1 aromatic carbocycles. The highest BCUT2D eigenvalue weighted by Crippen LogP contribution is 2.20. The Morgan fingerprint density at radius 1 is 1.29 bits per heavy atom. The van der Waals surface area contributed by atoms with Crippen molar-refractivity contribution >= 4 is 33.6 Å². The lowest BCUT2D eigenvalue weighted by Crippen LogP contribution is -2.34. The Hall–Kier alpha value is -1.56. The summed E-state index contributed by atoms with van der Waals surface area (Å²) in [5.74, 6) is -0.165. The van der Waals surface area contributed by atoms with Crippen molar-refractivity contribution in [3.05, 3.63) is 28.2 Å². The minimum Gasteiger partial charge on any atom is -0.444 e. The molecule has 0 fully saturated rings. The molecule has 0 spiro atoms. The van der Waals surface area contributed by atoms with Gasteiger partial charge in [-0.15, -0.1) is 0 Å². The largest absolute Gasteiger partial charge is 0.444 e. The summed E-state index contributed by atoms with van der Waals surface area (Å²) in [6, 6.07) is 5.59. The quantitative estimate of drug-likeness (QED) is 0.865. The first-order chi connectivity index (χ1) is 9.67. The van der Waals surface area contributed by atoms with Gasteiger partial charge in [0, 0.05) is 23.1 Å². The first kappa shape index (κ1) is 17.5. The van der Waals surface area contributed by atoms with Crippen LogP contribution in [0.2, 0.25) is 0 Å². The van der Waals surface area contributed by atoms with Crippen molar-refractivity contribution in [1.82, 2.24) is 5.32 Å². The van der Waals surface area contributed by atoms with E-state index in [0.29, 0.717) is 0 Å². The highest BCUT2D eigenvalue weighted by Gasteiger charge is 2.15. The smallest absolute Gasteiger partial charge is 0.407 e. The van der Waals surface area contributed by atoms with Crippen LogP contribution in [0.15, 0.2) is 22.7 Å². The molecular weight excluding hydrogens is 336 g/mol. The fourth-order valence-electron chi connectivity index (χ4n) is 1.49. The minimum absolute atomic E-state index is 0.165. The van der Waals surface area contributed by atoms with E-state index in [9.17, 15) is 9.59 Å². The monoisotopic (exact) mass is 356 g/mol. The van der Waals surface area contributed by atoms with Crippen LogP contribution in [0.1, 0.15) is 32.8 Å². The number of nitrogens with one attached hydrogen (secondary N) is 2. The van der Waals surface area contributed by atoms with Gasteiger partial charge >= 0.3 is 6.09 Å². The highest BCUT2D eigenvalue weighted by molar-refractivity contribution is 9.10. The van der Waals surface area contributed by atoms with Crippen molar-refractivity contribution in [3.63, 3.8) is 0 Å². The number of hydrogen-bond donors (Lipinski definition) is 2. The molecule has 0 bridgehead atoms. The van der Waals surface area contributed by atoms with Gasteiger partial charge in [0.1, 0.15) is 5.60 Å². The Morgan fingerprint density at radius 2 is 1.95 bits per heavy atom. The second kappa shape index (κ2) is 7.45. The molecule has 0 unspecified atom stereocenters. The Labute approximate surface area is 133 Å². The number of anilines is 1. The van der Waals surface area contributed by atoms with E-state index in [4.69, 9.17) is 4.74 Å². The average Bonchev–Trinajstić information content (AvgIpc) is 2.31. The molecule has 2 N–H and O–H groups in total. The number of alkyl carbamates (subject to hydrolysis) is 1. The van der Waals surface area contributed by atoms with Crippen LogP contribution in [-0.2, 0) is 9.53 Å². The van der Waals surface area contributed by atoms with E-state index < -0.39 is 11.7 Å². The Balaban J connectivity index is 2.34. The fourth-order valence-corrected chi connectivity index (χ4v) is 1.87. The summed E-state index contributed by atoms with van der Waals surface area (Å²) in [6.45, 7) is 7.56. The van der Waals surface area contributed by atoms with Gasteiger partial charge in [-0.3, -0.25) is 4.79 Å². The number of halogens is 1. The number of aryl methyl sites for hydroxylation is 1. The third-order valence-corrected chi connectivity index (χ3v) is 3.33. The fraction of sp³-hybridized carbons (Fsp3) is 0.467. The molecule has 6 heteroatoms. The molecule has 0 saturated carbocycles. The molecule has 0 heterocycles. The molecule has 1 rings (SSSR count). The second-order valence-corrected chi connectivity index (χ2v) is 6.55. The van der Waals surface area contributed by atoms with Gasteiger partial charge in [0.15, 0.2) is 0 Å². The zero-order chi connectivity index (χ0) is 16.0. The van der Waals surface area contributed by atoms with Crippen molar-refractivity contribution in [1.29, 1.82) is 0 Å². The van der Waals surface area contributed by atoms with E-state index in [0.717, 1.165) is 15.7 Å². The van der Waals surface area contributed by atoms with Crippen LogP contribution in [-0.4, -0.2) is 24.1 Å². The summed E-state index contributed by atoms with van der Waals surface area (Å²) >= 11 is 3.41. The van der Waals surface area contributed by atoms with Gasteiger partial charge in [0.05, 0.1) is 0 Å². The maximum Gasteiger partial charge on any atom is 0.407 e. The van der Waals surface area contributed by atoms with Gasteiger partial charge in [-0.1, -0.05) is 22.0 Å². The van der Waals surface area contributed by atoms with E-state index >= 15 is 0 Å². The standard InChI is InChI=1S/C15H21BrN2O3/c1-10-5-6-11(9-12(10)16)18-13(19)7-8-17-14(20)21-15(2,3)4/h5-6,9H,7-8H2,1-4H3,(H,17,20)(H,18,19). The predicted molar refractivity (Wildman–Crippen MR) is 86.4 cm³/mol. The Morgan fingerprint density at radius 3 is 2.52 bits per heavy atom. The maximum atomic E-state index is 11.8. The summed E-state index contributed by atoms with van der Waals surface area (Å²) < 4.78 is 6.02. The van der Waals surface area contributed by atoms with Crippen molar-refractivity contribution in [2.75, 3.05) is 11.9 Å². The highest BCUT2D eigenvalue weighted by atomic mass is 79.9. The molecule has 0 aliphatic carbocycles. The van der Waals surface area contributed by atoms with E-state index in [-0.39, 0.29) is 18.9 Å². The summed E-state index contributed by atoms with van der Waals surface area (Å²) in [4.78, 5) is 23.2. The summed E-state index contributed by atoms with van der Waals surface area (Å²) in [6.07, 6.45) is -0.335. The lowest BCUT2D eigenvalue weighted by atomic mass is 10.2. The van der Waals surface area contributed by atoms with Gasteiger partial charge in [-0.05, 0) is 45.4 Å². The number of amides is 2. The molecule has 0 aromatic heterocycles. The van der Waals surface area contributed by atoms with E-state index in [1.165, 1.54) is 0 Å². The lowest BCUT2D eigenvalue weighted by Gasteiger charge is -2.19. The van der Waals surface area contributed by atoms with E-state index in [2.05, 4.69) is 26.6 Å². The molecule has 21 heavy (non-hydrogen) atoms. The van der Waals surface area contributed by atoms with Crippen LogP contribution in [0, 0.1) is 6.92 Å². The number of hydrogen-bond acceptors (Lipinski definition) is 3. The predicted octanol–water partition coefficient (Wildman–Crippen LogP) is 3.61. The number of carbonyl (C=O) groups is 2. The van der Waals surface area contributed by atoms with Crippen LogP contribution in [0.25, 0.3) is 0 Å². The maximum absolute atomic E-state index is 11.8. The molecule has 0 aliphatic rings. The molecule has 0 radical (unpaired) electrons. The Bertz CT molecular complexity index is 524. The molecule has 0 saturated heterocycles. The van der Waals surface area contributed by atoms with E-state index in [1.54, 1.807) is 20.8 Å². The van der Waals surface area contributed by atoms with Crippen molar-refractivity contribution in [2.45, 2.75) is 39.7 Å². The normalized spacial score (nSPS) is 10.9. The number of benzene rings is 1. The average molecular weight is 357 g/mol. The van der Waals surface area contributed by atoms with Gasteiger partial charge in [-0.2, -0.15) is 0 Å². The first-order valence-electron chi connectivity index (χ1n) is 6.70. The third kappa shape index (κ3) is 7.13. The first-order valence-corrected chi connectivity index (χ1v) is 7.49. The van der Waals surface area contributed by atoms with Crippen LogP contribution in [0.4, 0.5) is 10.5 Å². The topological polar surface area (TPSA) is 67.4 Å². The second-order valence-electron chi connectivity index (χ2n) is 5.69. The van der Waals surface area contributed by atoms with Gasteiger partial charge in [0.2, 0.25) is 5.91 Å².